The summed E-state index contributed by atoms with van der Waals surface area (Å²) in [7, 11) is -3.86. The van der Waals surface area contributed by atoms with E-state index in [0.717, 1.165) is 11.1 Å². The Morgan fingerprint density at radius 1 is 1.06 bits per heavy atom. The lowest BCUT2D eigenvalue weighted by Crippen LogP contribution is -2.56. The van der Waals surface area contributed by atoms with E-state index < -0.39 is 30.6 Å². The van der Waals surface area contributed by atoms with E-state index >= 15 is 0 Å². The van der Waals surface area contributed by atoms with E-state index in [1.54, 1.807) is 6.07 Å². The third-order valence-corrected chi connectivity index (χ3v) is 8.08. The van der Waals surface area contributed by atoms with Crippen molar-refractivity contribution in [1.82, 2.24) is 4.98 Å². The van der Waals surface area contributed by atoms with Gasteiger partial charge in [-0.15, -0.1) is 0 Å². The average molecular weight is 500 g/mol. The summed E-state index contributed by atoms with van der Waals surface area (Å²) in [5, 5.41) is 20.2. The lowest BCUT2D eigenvalue weighted by atomic mass is 9.75. The number of carboxylic acid groups (broad SMARTS) is 1. The molecule has 3 unspecified atom stereocenters. The molecule has 6 nitrogen and oxygen atoms in total. The van der Waals surface area contributed by atoms with Gasteiger partial charge in [-0.1, -0.05) is 62.4 Å². The third-order valence-electron chi connectivity index (χ3n) is 6.47. The van der Waals surface area contributed by atoms with Crippen molar-refractivity contribution >= 4 is 14.0 Å². The van der Waals surface area contributed by atoms with Crippen molar-refractivity contribution in [3.05, 3.63) is 89.4 Å². The minimum absolute atomic E-state index is 0.0233. The molecule has 0 amide bonds. The first-order valence-electron chi connectivity index (χ1n) is 11.5. The molecule has 3 atom stereocenters. The van der Waals surface area contributed by atoms with Gasteiger partial charge in [-0.25, -0.2) is 9.37 Å². The summed E-state index contributed by atoms with van der Waals surface area (Å²) < 4.78 is 26.5. The Bertz CT molecular complexity index is 1190. The van der Waals surface area contributed by atoms with Crippen LogP contribution in [0.25, 0.3) is 11.3 Å². The smallest absolute Gasteiger partial charge is 0.322 e. The fourth-order valence-electron chi connectivity index (χ4n) is 4.38. The van der Waals surface area contributed by atoms with Crippen LogP contribution in [0.5, 0.6) is 0 Å². The number of halogens is 1. The fraction of sp³-hybridized carbons (Fsp3) is 0.333. The number of aryl methyl sites for hydroxylation is 1. The summed E-state index contributed by atoms with van der Waals surface area (Å²) in [5.41, 5.74) is 0.120. The second-order valence-electron chi connectivity index (χ2n) is 9.34. The van der Waals surface area contributed by atoms with Crippen molar-refractivity contribution in [2.45, 2.75) is 50.8 Å². The maximum absolute atomic E-state index is 13.6. The normalized spacial score (nSPS) is 15.9. The van der Waals surface area contributed by atoms with E-state index in [1.807, 2.05) is 51.1 Å². The number of aliphatic hydroxyl groups is 1. The molecule has 1 heterocycles. The van der Waals surface area contributed by atoms with Crippen molar-refractivity contribution in [2.24, 2.45) is 5.92 Å². The Morgan fingerprint density at radius 2 is 1.69 bits per heavy atom. The zero-order chi connectivity index (χ0) is 25.8. The molecule has 0 radical (unpaired) electrons. The molecule has 0 bridgehead atoms. The molecule has 0 aliphatic carbocycles. The number of nitrogens with zero attached hydrogens (tertiary/aromatic N) is 1. The first-order valence-corrected chi connectivity index (χ1v) is 12.8. The van der Waals surface area contributed by atoms with Crippen molar-refractivity contribution < 1.29 is 28.9 Å². The minimum atomic E-state index is -3.86. The van der Waals surface area contributed by atoms with Crippen LogP contribution >= 0.6 is 8.03 Å². The van der Waals surface area contributed by atoms with Gasteiger partial charge >= 0.3 is 5.97 Å². The molecule has 0 aliphatic heterocycles. The highest BCUT2D eigenvalue weighted by molar-refractivity contribution is 7.41. The number of hydrogen-bond donors (Lipinski definition) is 3. The van der Waals surface area contributed by atoms with Crippen LogP contribution in [0.1, 0.15) is 43.5 Å². The fourth-order valence-corrected chi connectivity index (χ4v) is 5.49. The molecular weight excluding hydrogens is 468 g/mol. The molecule has 0 saturated heterocycles. The monoisotopic (exact) mass is 499 g/mol. The minimum Gasteiger partial charge on any atom is -0.480 e. The van der Waals surface area contributed by atoms with Gasteiger partial charge in [-0.05, 0) is 55.0 Å². The Hall–Kier alpha value is -2.86. The van der Waals surface area contributed by atoms with Gasteiger partial charge in [0.1, 0.15) is 11.4 Å². The predicted molar refractivity (Wildman–Crippen MR) is 134 cm³/mol. The van der Waals surface area contributed by atoms with Gasteiger partial charge in [0, 0.05) is 12.0 Å². The van der Waals surface area contributed by atoms with Crippen LogP contribution in [0.2, 0.25) is 0 Å². The van der Waals surface area contributed by atoms with E-state index in [1.165, 1.54) is 30.3 Å². The molecule has 3 rings (SSSR count). The molecule has 0 spiro atoms. The van der Waals surface area contributed by atoms with E-state index in [0.29, 0.717) is 17.7 Å². The van der Waals surface area contributed by atoms with Crippen LogP contribution in [0.3, 0.4) is 0 Å². The van der Waals surface area contributed by atoms with E-state index in [2.05, 4.69) is 4.98 Å². The van der Waals surface area contributed by atoms with Gasteiger partial charge < -0.3 is 15.1 Å². The number of carbonyl (C=O) groups is 1. The van der Waals surface area contributed by atoms with Gasteiger partial charge in [-0.2, -0.15) is 0 Å². The Labute approximate surface area is 205 Å². The van der Waals surface area contributed by atoms with Crippen molar-refractivity contribution in [3.63, 3.8) is 0 Å². The summed E-state index contributed by atoms with van der Waals surface area (Å²) in [5.74, 6) is -2.04. The van der Waals surface area contributed by atoms with Gasteiger partial charge in [0.05, 0.1) is 11.4 Å². The molecule has 2 aromatic carbocycles. The molecule has 1 aromatic heterocycles. The highest BCUT2D eigenvalue weighted by atomic mass is 31.1. The van der Waals surface area contributed by atoms with Crippen LogP contribution in [-0.4, -0.2) is 31.2 Å². The van der Waals surface area contributed by atoms with Crippen LogP contribution in [0.15, 0.2) is 66.7 Å². The summed E-state index contributed by atoms with van der Waals surface area (Å²) >= 11 is 0. The predicted octanol–water partition coefficient (Wildman–Crippen LogP) is 5.35. The Balaban J connectivity index is 2.30. The topological polar surface area (TPSA) is 108 Å². The molecule has 0 aliphatic rings. The lowest BCUT2D eigenvalue weighted by Gasteiger charge is -2.42. The first kappa shape index (κ1) is 26.7. The number of aliphatic carboxylic acids is 1. The van der Waals surface area contributed by atoms with Crippen LogP contribution < -0.4 is 0 Å². The second kappa shape index (κ2) is 10.8. The van der Waals surface area contributed by atoms with Crippen molar-refractivity contribution in [2.75, 3.05) is 0 Å². The zero-order valence-corrected chi connectivity index (χ0v) is 21.0. The maximum atomic E-state index is 13.6. The summed E-state index contributed by atoms with van der Waals surface area (Å²) in [6.45, 7) is 5.59. The molecule has 3 N–H and O–H groups in total. The van der Waals surface area contributed by atoms with E-state index in [9.17, 15) is 28.9 Å². The molecule has 8 heteroatoms. The molecule has 0 fully saturated rings. The Kier molecular flexibility index (Phi) is 8.26. The highest BCUT2D eigenvalue weighted by Crippen LogP contribution is 2.54. The zero-order valence-electron chi connectivity index (χ0n) is 20.0. The molecule has 3 aromatic rings. The Morgan fingerprint density at radius 3 is 2.23 bits per heavy atom. The number of rotatable bonds is 10. The van der Waals surface area contributed by atoms with Crippen molar-refractivity contribution in [1.29, 1.82) is 0 Å². The number of benzene rings is 2. The summed E-state index contributed by atoms with van der Waals surface area (Å²) in [4.78, 5) is 28.0. The molecular formula is C27H31FNO5P. The number of pyridine rings is 1. The van der Waals surface area contributed by atoms with Gasteiger partial charge in [0.25, 0.3) is 0 Å². The molecule has 0 saturated carbocycles. The van der Waals surface area contributed by atoms with Crippen LogP contribution in [0, 0.1) is 18.7 Å². The van der Waals surface area contributed by atoms with Gasteiger partial charge in [-0.3, -0.25) is 9.36 Å². The summed E-state index contributed by atoms with van der Waals surface area (Å²) in [6, 6.07) is 17.7. The highest BCUT2D eigenvalue weighted by Gasteiger charge is 2.61. The average Bonchev–Trinajstić information content (AvgIpc) is 2.81. The quantitative estimate of drug-likeness (QED) is 0.325. The largest absolute Gasteiger partial charge is 0.480 e. The van der Waals surface area contributed by atoms with E-state index in [-0.39, 0.29) is 24.5 Å². The summed E-state index contributed by atoms with van der Waals surface area (Å²) in [6.07, 6.45) is -0.270. The van der Waals surface area contributed by atoms with Crippen LogP contribution in [-0.2, 0) is 21.4 Å². The molecule has 35 heavy (non-hydrogen) atoms. The van der Waals surface area contributed by atoms with Gasteiger partial charge in [0.2, 0.25) is 8.03 Å². The van der Waals surface area contributed by atoms with E-state index in [4.69, 9.17) is 0 Å². The van der Waals surface area contributed by atoms with Crippen molar-refractivity contribution in [3.8, 4) is 11.3 Å². The first-order chi connectivity index (χ1) is 16.5. The lowest BCUT2D eigenvalue weighted by molar-refractivity contribution is -0.151. The second-order valence-corrected chi connectivity index (χ2v) is 10.8. The number of carboxylic acids is 1. The third kappa shape index (κ3) is 5.37. The number of aromatic nitrogens is 1. The van der Waals surface area contributed by atoms with Gasteiger partial charge in [0.15, 0.2) is 5.16 Å². The maximum Gasteiger partial charge on any atom is 0.322 e. The number of hydrogen-bond acceptors (Lipinski definition) is 4. The molecule has 186 valence electrons. The van der Waals surface area contributed by atoms with Crippen LogP contribution in [0.4, 0.5) is 4.39 Å². The SMILES string of the molecule is Cc1ccc(C(O)(Cc2ccc(F)cc2)C(CCC(C)C)(C(=O)O)[PH](=O)O)nc1-c1ccccc1. The standard InChI is InChI=1S/C27H31FNO5P/c1-18(2)15-16-27(25(30)31,35(33)34)26(32,17-20-10-12-22(28)13-11-20)23-14-9-19(3)24(29-23)21-7-5-4-6-8-21/h4-14,18,32,35H,15-17H2,1-3H3,(H,30,31)(H,33,34).